The summed E-state index contributed by atoms with van der Waals surface area (Å²) in [6, 6.07) is 6.42. The molecule has 4 heteroatoms. The number of hydrogen-bond donors (Lipinski definition) is 1. The lowest BCUT2D eigenvalue weighted by atomic mass is 9.99. The van der Waals surface area contributed by atoms with Crippen molar-refractivity contribution >= 4 is 16.7 Å². The molecule has 2 heterocycles. The molecule has 0 radical (unpaired) electrons. The molecule has 106 valence electrons. The zero-order valence-corrected chi connectivity index (χ0v) is 12.3. The molecule has 0 saturated carbocycles. The van der Waals surface area contributed by atoms with Crippen molar-refractivity contribution < 1.29 is 4.74 Å². The van der Waals surface area contributed by atoms with Gasteiger partial charge in [-0.15, -0.1) is 0 Å². The Morgan fingerprint density at radius 2 is 2.20 bits per heavy atom. The number of amidine groups is 1. The summed E-state index contributed by atoms with van der Waals surface area (Å²) in [7, 11) is 1.73. The first kappa shape index (κ1) is 13.0. The largest absolute Gasteiger partial charge is 0.495 e. The van der Waals surface area contributed by atoms with Gasteiger partial charge in [0.25, 0.3) is 0 Å². The Labute approximate surface area is 119 Å². The minimum atomic E-state index is 0.501. The highest BCUT2D eigenvalue weighted by Gasteiger charge is 2.15. The normalized spacial score (nSPS) is 14.7. The van der Waals surface area contributed by atoms with E-state index in [2.05, 4.69) is 53.1 Å². The van der Waals surface area contributed by atoms with Crippen LogP contribution in [0.25, 0.3) is 10.9 Å². The Morgan fingerprint density at radius 1 is 1.35 bits per heavy atom. The first-order chi connectivity index (χ1) is 9.70. The molecule has 20 heavy (non-hydrogen) atoms. The van der Waals surface area contributed by atoms with Crippen LogP contribution in [0.2, 0.25) is 0 Å². The monoisotopic (exact) mass is 271 g/mol. The molecule has 0 aliphatic carbocycles. The summed E-state index contributed by atoms with van der Waals surface area (Å²) in [6.45, 7) is 7.05. The van der Waals surface area contributed by atoms with Crippen LogP contribution in [0.15, 0.2) is 29.4 Å². The highest BCUT2D eigenvalue weighted by atomic mass is 16.5. The molecule has 1 aromatic carbocycles. The number of aromatic nitrogens is 1. The van der Waals surface area contributed by atoms with E-state index in [9.17, 15) is 0 Å². The van der Waals surface area contributed by atoms with Gasteiger partial charge in [0.05, 0.1) is 25.7 Å². The van der Waals surface area contributed by atoms with Gasteiger partial charge in [0, 0.05) is 18.1 Å². The number of nitrogens with zero attached hydrogens (tertiary/aromatic N) is 2. The predicted octanol–water partition coefficient (Wildman–Crippen LogP) is 2.78. The number of methoxy groups -OCH3 is 1. The molecule has 0 spiro atoms. The maximum Gasteiger partial charge on any atom is 0.143 e. The fourth-order valence-electron chi connectivity index (χ4n) is 2.83. The predicted molar refractivity (Wildman–Crippen MR) is 82.9 cm³/mol. The number of benzene rings is 1. The van der Waals surface area contributed by atoms with Crippen LogP contribution < -0.4 is 10.1 Å². The first-order valence-electron chi connectivity index (χ1n) is 7.13. The summed E-state index contributed by atoms with van der Waals surface area (Å²) in [5.41, 5.74) is 2.52. The summed E-state index contributed by atoms with van der Waals surface area (Å²) < 4.78 is 7.76. The highest BCUT2D eigenvalue weighted by Crippen LogP contribution is 2.33. The van der Waals surface area contributed by atoms with Crippen LogP contribution in [0, 0.1) is 0 Å². The van der Waals surface area contributed by atoms with Crippen molar-refractivity contribution in [2.45, 2.75) is 26.3 Å². The number of hydrogen-bond acceptors (Lipinski definition) is 3. The Kier molecular flexibility index (Phi) is 3.38. The van der Waals surface area contributed by atoms with Crippen molar-refractivity contribution in [1.82, 2.24) is 9.88 Å². The van der Waals surface area contributed by atoms with Gasteiger partial charge in [0.15, 0.2) is 0 Å². The van der Waals surface area contributed by atoms with Crippen LogP contribution in [0.3, 0.4) is 0 Å². The van der Waals surface area contributed by atoms with E-state index in [0.29, 0.717) is 5.92 Å². The van der Waals surface area contributed by atoms with Gasteiger partial charge in [0.1, 0.15) is 11.6 Å². The maximum absolute atomic E-state index is 5.54. The molecule has 0 unspecified atom stereocenters. The van der Waals surface area contributed by atoms with Crippen LogP contribution >= 0.6 is 0 Å². The van der Waals surface area contributed by atoms with Crippen molar-refractivity contribution in [3.8, 4) is 5.75 Å². The number of fused-ring (bicyclic) bond motifs is 1. The van der Waals surface area contributed by atoms with E-state index in [-0.39, 0.29) is 0 Å². The number of nitrogens with one attached hydrogen (secondary N) is 1. The molecule has 1 aromatic heterocycles. The van der Waals surface area contributed by atoms with E-state index in [1.165, 1.54) is 10.9 Å². The van der Waals surface area contributed by atoms with E-state index >= 15 is 0 Å². The number of rotatable bonds is 4. The third-order valence-corrected chi connectivity index (χ3v) is 3.83. The van der Waals surface area contributed by atoms with Gasteiger partial charge in [-0.1, -0.05) is 19.9 Å². The van der Waals surface area contributed by atoms with Gasteiger partial charge in [-0.3, -0.25) is 4.99 Å². The van der Waals surface area contributed by atoms with E-state index in [1.54, 1.807) is 7.11 Å². The molecule has 0 atom stereocenters. The van der Waals surface area contributed by atoms with Gasteiger partial charge in [-0.2, -0.15) is 0 Å². The average Bonchev–Trinajstić information content (AvgIpc) is 3.08. The van der Waals surface area contributed by atoms with Gasteiger partial charge in [0.2, 0.25) is 0 Å². The van der Waals surface area contributed by atoms with Crippen molar-refractivity contribution in [3.63, 3.8) is 0 Å². The van der Waals surface area contributed by atoms with E-state index in [4.69, 9.17) is 4.74 Å². The van der Waals surface area contributed by atoms with Crippen molar-refractivity contribution in [2.24, 2.45) is 4.99 Å². The van der Waals surface area contributed by atoms with Crippen LogP contribution in [0.1, 0.15) is 25.3 Å². The topological polar surface area (TPSA) is 38.5 Å². The Bertz CT molecular complexity index is 655. The Hall–Kier alpha value is -1.97. The zero-order chi connectivity index (χ0) is 14.1. The summed E-state index contributed by atoms with van der Waals surface area (Å²) in [5.74, 6) is 2.48. The van der Waals surface area contributed by atoms with E-state index in [0.717, 1.165) is 36.7 Å². The molecule has 4 nitrogen and oxygen atoms in total. The molecule has 0 bridgehead atoms. The minimum absolute atomic E-state index is 0.501. The summed E-state index contributed by atoms with van der Waals surface area (Å²) in [6.07, 6.45) is 2.13. The minimum Gasteiger partial charge on any atom is -0.495 e. The molecule has 0 amide bonds. The van der Waals surface area contributed by atoms with Crippen LogP contribution in [0.4, 0.5) is 0 Å². The fraction of sp³-hybridized carbons (Fsp3) is 0.438. The lowest BCUT2D eigenvalue weighted by molar-refractivity contribution is 0.417. The molecule has 3 rings (SSSR count). The molecule has 0 saturated heterocycles. The molecule has 0 fully saturated rings. The lowest BCUT2D eigenvalue weighted by Crippen LogP contribution is -2.23. The van der Waals surface area contributed by atoms with E-state index in [1.807, 2.05) is 0 Å². The second-order valence-electron chi connectivity index (χ2n) is 5.47. The zero-order valence-electron chi connectivity index (χ0n) is 12.3. The molecule has 1 N–H and O–H groups in total. The first-order valence-corrected chi connectivity index (χ1v) is 7.13. The summed E-state index contributed by atoms with van der Waals surface area (Å²) in [5, 5.41) is 4.60. The maximum atomic E-state index is 5.54. The van der Waals surface area contributed by atoms with Crippen molar-refractivity contribution in [1.29, 1.82) is 0 Å². The second-order valence-corrected chi connectivity index (χ2v) is 5.47. The fourth-order valence-corrected chi connectivity index (χ4v) is 2.83. The summed E-state index contributed by atoms with van der Waals surface area (Å²) >= 11 is 0. The Balaban J connectivity index is 2.10. The molecule has 2 aromatic rings. The van der Waals surface area contributed by atoms with Crippen LogP contribution in [-0.4, -0.2) is 30.6 Å². The average molecular weight is 271 g/mol. The summed E-state index contributed by atoms with van der Waals surface area (Å²) in [4.78, 5) is 4.47. The van der Waals surface area contributed by atoms with Gasteiger partial charge >= 0.3 is 0 Å². The molecule has 1 aliphatic heterocycles. The Morgan fingerprint density at radius 3 is 2.85 bits per heavy atom. The molecular formula is C16H21N3O. The smallest absolute Gasteiger partial charge is 0.143 e. The SMILES string of the molecule is COc1ccc(C(C)C)c2ccn(CC3=NCCN3)c12. The number of ether oxygens (including phenoxy) is 1. The molecule has 1 aliphatic rings. The van der Waals surface area contributed by atoms with Crippen molar-refractivity contribution in [2.75, 3.05) is 20.2 Å². The van der Waals surface area contributed by atoms with Crippen LogP contribution in [-0.2, 0) is 6.54 Å². The second kappa shape index (κ2) is 5.19. The quantitative estimate of drug-likeness (QED) is 0.928. The highest BCUT2D eigenvalue weighted by molar-refractivity contribution is 5.92. The van der Waals surface area contributed by atoms with Gasteiger partial charge in [-0.25, -0.2) is 0 Å². The van der Waals surface area contributed by atoms with Gasteiger partial charge < -0.3 is 14.6 Å². The van der Waals surface area contributed by atoms with E-state index < -0.39 is 0 Å². The van der Waals surface area contributed by atoms with Crippen molar-refractivity contribution in [3.05, 3.63) is 30.0 Å². The van der Waals surface area contributed by atoms with Crippen LogP contribution in [0.5, 0.6) is 5.75 Å². The standard InChI is InChI=1S/C16H21N3O/c1-11(2)12-4-5-14(20-3)16-13(12)6-9-19(16)10-15-17-7-8-18-15/h4-6,9,11H,7-8,10H2,1-3H3,(H,17,18). The lowest BCUT2D eigenvalue weighted by Gasteiger charge is -2.13. The number of aliphatic imine (C=N–C) groups is 1. The van der Waals surface area contributed by atoms with Gasteiger partial charge in [-0.05, 0) is 23.6 Å². The molecular weight excluding hydrogens is 250 g/mol. The third kappa shape index (κ3) is 2.15. The third-order valence-electron chi connectivity index (χ3n) is 3.83.